The minimum atomic E-state index is -3.17. The standard InChI is InChI=1S/C9H10N2O2S/c1-3-6-10-9-5-4-8(7-11-9)14(2,12)13/h1,4-5,7H,6H2,2H3,(H,10,11). The summed E-state index contributed by atoms with van der Waals surface area (Å²) in [4.78, 5) is 4.09. The number of hydrogen-bond acceptors (Lipinski definition) is 4. The number of sulfone groups is 1. The van der Waals surface area contributed by atoms with E-state index in [1.54, 1.807) is 6.07 Å². The SMILES string of the molecule is C#CCNc1ccc(S(C)(=O)=O)cn1. The minimum absolute atomic E-state index is 0.198. The minimum Gasteiger partial charge on any atom is -0.359 e. The Bertz CT molecular complexity index is 443. The van der Waals surface area contributed by atoms with Crippen LogP contribution in [-0.2, 0) is 9.84 Å². The van der Waals surface area contributed by atoms with Crippen LogP contribution in [0.1, 0.15) is 0 Å². The zero-order chi connectivity index (χ0) is 10.6. The van der Waals surface area contributed by atoms with Gasteiger partial charge < -0.3 is 5.32 Å². The van der Waals surface area contributed by atoms with Crippen LogP contribution in [0.5, 0.6) is 0 Å². The van der Waals surface area contributed by atoms with Crippen LogP contribution >= 0.6 is 0 Å². The van der Waals surface area contributed by atoms with E-state index in [-0.39, 0.29) is 4.90 Å². The van der Waals surface area contributed by atoms with Crippen LogP contribution in [0.4, 0.5) is 5.82 Å². The molecule has 1 heterocycles. The average Bonchev–Trinajstić information content (AvgIpc) is 2.14. The second kappa shape index (κ2) is 4.11. The number of aromatic nitrogens is 1. The van der Waals surface area contributed by atoms with Crippen LogP contribution in [0.25, 0.3) is 0 Å². The Morgan fingerprint density at radius 1 is 1.57 bits per heavy atom. The van der Waals surface area contributed by atoms with Crippen LogP contribution in [0, 0.1) is 12.3 Å². The molecular weight excluding hydrogens is 200 g/mol. The van der Waals surface area contributed by atoms with Crippen molar-refractivity contribution >= 4 is 15.7 Å². The van der Waals surface area contributed by atoms with Gasteiger partial charge in [-0.25, -0.2) is 13.4 Å². The normalized spacial score (nSPS) is 10.6. The van der Waals surface area contributed by atoms with Gasteiger partial charge in [-0.3, -0.25) is 0 Å². The molecule has 0 aromatic carbocycles. The molecule has 0 atom stereocenters. The molecule has 74 valence electrons. The fourth-order valence-electron chi connectivity index (χ4n) is 0.846. The molecule has 1 rings (SSSR count). The van der Waals surface area contributed by atoms with E-state index in [0.29, 0.717) is 12.4 Å². The van der Waals surface area contributed by atoms with E-state index in [9.17, 15) is 8.42 Å². The Morgan fingerprint density at radius 2 is 2.29 bits per heavy atom. The van der Waals surface area contributed by atoms with Crippen molar-refractivity contribution in [1.29, 1.82) is 0 Å². The number of anilines is 1. The Labute approximate surface area is 83.3 Å². The Balaban J connectivity index is 2.86. The molecule has 1 aromatic heterocycles. The molecule has 5 heteroatoms. The van der Waals surface area contributed by atoms with E-state index in [2.05, 4.69) is 16.2 Å². The molecule has 0 spiro atoms. The average molecular weight is 210 g/mol. The van der Waals surface area contributed by atoms with E-state index in [1.807, 2.05) is 0 Å². The highest BCUT2D eigenvalue weighted by Gasteiger charge is 2.06. The van der Waals surface area contributed by atoms with Crippen molar-refractivity contribution in [2.24, 2.45) is 0 Å². The number of rotatable bonds is 3. The van der Waals surface area contributed by atoms with Crippen molar-refractivity contribution < 1.29 is 8.42 Å². The molecular formula is C9H10N2O2S. The van der Waals surface area contributed by atoms with Crippen molar-refractivity contribution in [2.75, 3.05) is 18.1 Å². The highest BCUT2D eigenvalue weighted by Crippen LogP contribution is 2.09. The van der Waals surface area contributed by atoms with Crippen LogP contribution in [-0.4, -0.2) is 26.2 Å². The number of pyridine rings is 1. The molecule has 0 saturated carbocycles. The van der Waals surface area contributed by atoms with E-state index in [4.69, 9.17) is 6.42 Å². The molecule has 0 radical (unpaired) electrons. The fraction of sp³-hybridized carbons (Fsp3) is 0.222. The first-order valence-electron chi connectivity index (χ1n) is 3.87. The molecule has 1 aromatic rings. The number of nitrogens with zero attached hydrogens (tertiary/aromatic N) is 1. The van der Waals surface area contributed by atoms with Crippen molar-refractivity contribution in [3.05, 3.63) is 18.3 Å². The Kier molecular flexibility index (Phi) is 3.10. The number of hydrogen-bond donors (Lipinski definition) is 1. The summed E-state index contributed by atoms with van der Waals surface area (Å²) < 4.78 is 22.1. The van der Waals surface area contributed by atoms with Gasteiger partial charge in [0.25, 0.3) is 0 Å². The summed E-state index contributed by atoms with van der Waals surface area (Å²) in [5.41, 5.74) is 0. The Morgan fingerprint density at radius 3 is 2.71 bits per heavy atom. The van der Waals surface area contributed by atoms with Crippen LogP contribution < -0.4 is 5.32 Å². The molecule has 0 unspecified atom stereocenters. The van der Waals surface area contributed by atoms with Gasteiger partial charge in [-0.1, -0.05) is 5.92 Å². The predicted molar refractivity (Wildman–Crippen MR) is 54.7 cm³/mol. The summed E-state index contributed by atoms with van der Waals surface area (Å²) in [5.74, 6) is 2.96. The van der Waals surface area contributed by atoms with E-state index in [1.165, 1.54) is 12.3 Å². The zero-order valence-electron chi connectivity index (χ0n) is 7.69. The zero-order valence-corrected chi connectivity index (χ0v) is 8.50. The van der Waals surface area contributed by atoms with Crippen LogP contribution in [0.3, 0.4) is 0 Å². The van der Waals surface area contributed by atoms with Gasteiger partial charge in [0.1, 0.15) is 5.82 Å². The summed E-state index contributed by atoms with van der Waals surface area (Å²) >= 11 is 0. The van der Waals surface area contributed by atoms with Crippen LogP contribution in [0.2, 0.25) is 0 Å². The van der Waals surface area contributed by atoms with Gasteiger partial charge in [0.05, 0.1) is 11.4 Å². The molecule has 0 amide bonds. The number of nitrogens with one attached hydrogen (secondary N) is 1. The lowest BCUT2D eigenvalue weighted by atomic mass is 10.4. The Hall–Kier alpha value is -1.54. The third-order valence-electron chi connectivity index (χ3n) is 1.54. The van der Waals surface area contributed by atoms with Crippen molar-refractivity contribution in [3.63, 3.8) is 0 Å². The topological polar surface area (TPSA) is 59.1 Å². The lowest BCUT2D eigenvalue weighted by Gasteiger charge is -2.01. The second-order valence-electron chi connectivity index (χ2n) is 2.71. The van der Waals surface area contributed by atoms with Gasteiger partial charge in [-0.15, -0.1) is 6.42 Å². The molecule has 0 fully saturated rings. The molecule has 1 N–H and O–H groups in total. The molecule has 14 heavy (non-hydrogen) atoms. The van der Waals surface area contributed by atoms with E-state index in [0.717, 1.165) is 6.26 Å². The molecule has 4 nitrogen and oxygen atoms in total. The van der Waals surface area contributed by atoms with Gasteiger partial charge in [-0.2, -0.15) is 0 Å². The highest BCUT2D eigenvalue weighted by atomic mass is 32.2. The van der Waals surface area contributed by atoms with Crippen molar-refractivity contribution in [1.82, 2.24) is 4.98 Å². The molecule has 0 aliphatic carbocycles. The van der Waals surface area contributed by atoms with Gasteiger partial charge in [-0.05, 0) is 12.1 Å². The molecule has 0 saturated heterocycles. The van der Waals surface area contributed by atoms with Gasteiger partial charge in [0.2, 0.25) is 0 Å². The maximum Gasteiger partial charge on any atom is 0.177 e. The van der Waals surface area contributed by atoms with E-state index >= 15 is 0 Å². The largest absolute Gasteiger partial charge is 0.359 e. The lowest BCUT2D eigenvalue weighted by molar-refractivity contribution is 0.601. The summed E-state index contributed by atoms with van der Waals surface area (Å²) in [6, 6.07) is 3.06. The predicted octanol–water partition coefficient (Wildman–Crippen LogP) is 0.530. The molecule has 0 aliphatic rings. The monoisotopic (exact) mass is 210 g/mol. The molecule has 0 bridgehead atoms. The molecule has 0 aliphatic heterocycles. The van der Waals surface area contributed by atoms with Gasteiger partial charge in [0, 0.05) is 12.5 Å². The summed E-state index contributed by atoms with van der Waals surface area (Å²) in [6.45, 7) is 0.366. The second-order valence-corrected chi connectivity index (χ2v) is 4.72. The summed E-state index contributed by atoms with van der Waals surface area (Å²) in [5, 5.41) is 2.83. The highest BCUT2D eigenvalue weighted by molar-refractivity contribution is 7.90. The summed E-state index contributed by atoms with van der Waals surface area (Å²) in [7, 11) is -3.17. The first kappa shape index (κ1) is 10.5. The third kappa shape index (κ3) is 2.75. The van der Waals surface area contributed by atoms with E-state index < -0.39 is 9.84 Å². The smallest absolute Gasteiger partial charge is 0.177 e. The van der Waals surface area contributed by atoms with Gasteiger partial charge >= 0.3 is 0 Å². The maximum absolute atomic E-state index is 11.1. The maximum atomic E-state index is 11.1. The summed E-state index contributed by atoms with van der Waals surface area (Å²) in [6.07, 6.45) is 7.48. The number of terminal acetylenes is 1. The quantitative estimate of drug-likeness (QED) is 0.739. The first-order valence-corrected chi connectivity index (χ1v) is 5.76. The van der Waals surface area contributed by atoms with Crippen molar-refractivity contribution in [2.45, 2.75) is 4.90 Å². The van der Waals surface area contributed by atoms with Crippen molar-refractivity contribution in [3.8, 4) is 12.3 Å². The van der Waals surface area contributed by atoms with Gasteiger partial charge in [0.15, 0.2) is 9.84 Å². The lowest BCUT2D eigenvalue weighted by Crippen LogP contribution is -2.02. The fourth-order valence-corrected chi connectivity index (χ4v) is 1.41. The van der Waals surface area contributed by atoms with Crippen LogP contribution in [0.15, 0.2) is 23.2 Å². The first-order chi connectivity index (χ1) is 6.54. The third-order valence-corrected chi connectivity index (χ3v) is 2.63.